The number of hydrogen-bond acceptors (Lipinski definition) is 38. The molecule has 17 unspecified atom stereocenters. The Labute approximate surface area is 488 Å². The zero-order valence-corrected chi connectivity index (χ0v) is 45.6. The van der Waals surface area contributed by atoms with Crippen LogP contribution in [0.1, 0.15) is 13.8 Å². The number of rotatable bonds is 20. The molecule has 0 aromatic carbocycles. The third-order valence-electron chi connectivity index (χ3n) is 15.8. The lowest BCUT2D eigenvalue weighted by Crippen LogP contribution is -2.70. The number of aliphatic hydroxyl groups is 19. The van der Waals surface area contributed by atoms with E-state index in [1.807, 2.05) is 0 Å². The van der Waals surface area contributed by atoms with Crippen LogP contribution in [0.2, 0.25) is 0 Å². The van der Waals surface area contributed by atoms with Crippen molar-refractivity contribution in [3.63, 3.8) is 0 Å². The maximum absolute atomic E-state index is 12.9. The standard InChI is InChI=1S/C47H74O40/c1-9(52)72-7-14-17(54)19(56)36(85-43-28(65)23(60)34(37(86-43)38(67)68)83-42-27(64)22(59)32-15(79-42)8-73-47(2,87-32)46(70)71)45(78-14)84-35-29(66)44(81-30-11(4-49)74-39(69)24(61)20(30)57)77-13(6-51)33(35)82-41-26(63)21(58)31(12(5-50)76-41)80-40-25(62)18(55)16(53)10(3-48)75-40/h10-37,39-45,48-51,53-66,69H,3-8H2,1-2H3,(H,67,68)(H,70,71)/t10?,11?,12?,13?,14?,15?,16-,17-,18+,19+,20?,21?,22-,23-,24?,25?,26?,27?,28?,29?,30-,31-,32-,33-,34+,35-,36?,37?,39-,40+,41+,42+,43-,44+,45-,47?/m1/s1. The van der Waals surface area contributed by atoms with Gasteiger partial charge in [0.1, 0.15) is 171 Å². The number of aliphatic carboxylic acids is 2. The molecule has 8 fully saturated rings. The number of esters is 1. The van der Waals surface area contributed by atoms with Crippen LogP contribution >= 0.6 is 0 Å². The topological polar surface area (TPSA) is 624 Å². The first-order valence-electron chi connectivity index (χ1n) is 27.1. The fourth-order valence-electron chi connectivity index (χ4n) is 10.9. The number of hydrogen-bond donors (Lipinski definition) is 21. The van der Waals surface area contributed by atoms with Gasteiger partial charge in [0.2, 0.25) is 0 Å². The van der Waals surface area contributed by atoms with Crippen LogP contribution in [0.3, 0.4) is 0 Å². The van der Waals surface area contributed by atoms with Crippen molar-refractivity contribution in [3.8, 4) is 0 Å². The highest BCUT2D eigenvalue weighted by Crippen LogP contribution is 2.40. The van der Waals surface area contributed by atoms with Gasteiger partial charge in [0.25, 0.3) is 5.79 Å². The zero-order chi connectivity index (χ0) is 64.0. The summed E-state index contributed by atoms with van der Waals surface area (Å²) in [7, 11) is 0. The van der Waals surface area contributed by atoms with Crippen molar-refractivity contribution in [2.45, 2.75) is 235 Å². The lowest BCUT2D eigenvalue weighted by molar-refractivity contribution is -0.414. The Morgan fingerprint density at radius 2 is 0.828 bits per heavy atom. The molecule has 40 heteroatoms. The summed E-state index contributed by atoms with van der Waals surface area (Å²) in [5.41, 5.74) is 0. The highest BCUT2D eigenvalue weighted by atomic mass is 16.8. The van der Waals surface area contributed by atoms with E-state index in [4.69, 9.17) is 75.8 Å². The first kappa shape index (κ1) is 69.9. The van der Waals surface area contributed by atoms with Crippen molar-refractivity contribution < 1.29 is 197 Å². The van der Waals surface area contributed by atoms with Gasteiger partial charge >= 0.3 is 17.9 Å². The van der Waals surface area contributed by atoms with Gasteiger partial charge in [-0.25, -0.2) is 9.59 Å². The molecule has 21 N–H and O–H groups in total. The fourth-order valence-corrected chi connectivity index (χ4v) is 10.9. The second-order valence-electron chi connectivity index (χ2n) is 21.7. The van der Waals surface area contributed by atoms with Crippen LogP contribution in [0.25, 0.3) is 0 Å². The largest absolute Gasteiger partial charge is 0.479 e. The number of carboxylic acids is 2. The molecule has 0 saturated carbocycles. The number of carbonyl (C=O) groups excluding carboxylic acids is 1. The van der Waals surface area contributed by atoms with E-state index < -0.39 is 278 Å². The van der Waals surface area contributed by atoms with Crippen molar-refractivity contribution >= 4 is 17.9 Å². The summed E-state index contributed by atoms with van der Waals surface area (Å²) in [4.78, 5) is 36.7. The fraction of sp³-hybridized carbons (Fsp3) is 0.936. The van der Waals surface area contributed by atoms with E-state index >= 15 is 0 Å². The molecule has 0 bridgehead atoms. The Hall–Kier alpha value is -2.95. The van der Waals surface area contributed by atoms with Crippen LogP contribution in [0.4, 0.5) is 0 Å². The highest BCUT2D eigenvalue weighted by Gasteiger charge is 2.61. The molecule has 8 aliphatic rings. The lowest BCUT2D eigenvalue weighted by Gasteiger charge is -2.51. The van der Waals surface area contributed by atoms with Crippen LogP contribution in [-0.2, 0) is 90.2 Å². The molecule has 502 valence electrons. The van der Waals surface area contributed by atoms with Gasteiger partial charge in [-0.15, -0.1) is 0 Å². The summed E-state index contributed by atoms with van der Waals surface area (Å²) in [5.74, 6) is -6.90. The zero-order valence-electron chi connectivity index (χ0n) is 45.6. The number of aliphatic hydroxyl groups excluding tert-OH is 19. The summed E-state index contributed by atoms with van der Waals surface area (Å²) in [6.07, 6.45) is -74.6. The Bertz CT molecular complexity index is 2250. The quantitative estimate of drug-likeness (QED) is 0.0503. The highest BCUT2D eigenvalue weighted by molar-refractivity contribution is 5.75. The third kappa shape index (κ3) is 14.3. The van der Waals surface area contributed by atoms with E-state index in [-0.39, 0.29) is 0 Å². The molecule has 40 nitrogen and oxygen atoms in total. The van der Waals surface area contributed by atoms with Gasteiger partial charge in [0, 0.05) is 13.8 Å². The van der Waals surface area contributed by atoms with Crippen molar-refractivity contribution in [2.24, 2.45) is 0 Å². The van der Waals surface area contributed by atoms with E-state index in [1.54, 1.807) is 0 Å². The van der Waals surface area contributed by atoms with Crippen LogP contribution in [-0.4, -0.2) is 386 Å². The van der Waals surface area contributed by atoms with Gasteiger partial charge in [-0.2, -0.15) is 0 Å². The summed E-state index contributed by atoms with van der Waals surface area (Å²) < 4.78 is 89.9. The van der Waals surface area contributed by atoms with Gasteiger partial charge in [-0.05, 0) is 0 Å². The smallest absolute Gasteiger partial charge is 0.364 e. The first-order chi connectivity index (χ1) is 41.0. The minimum Gasteiger partial charge on any atom is -0.479 e. The molecule has 8 aliphatic heterocycles. The normalized spacial score (nSPS) is 51.5. The monoisotopic (exact) mass is 1280 g/mol. The predicted molar refractivity (Wildman–Crippen MR) is 256 cm³/mol. The summed E-state index contributed by atoms with van der Waals surface area (Å²) >= 11 is 0. The number of ether oxygens (including phenoxy) is 16. The molecule has 8 rings (SSSR count). The molecule has 0 amide bonds. The summed E-state index contributed by atoms with van der Waals surface area (Å²) in [6.45, 7) is -3.95. The van der Waals surface area contributed by atoms with Crippen molar-refractivity contribution in [3.05, 3.63) is 0 Å². The SMILES string of the molecule is CC(=O)OCC1O[C@H](O[C@@H]2C(O)[C@H](O[C@@H]3C(CO)O[C@@H](O)C(O)C3O)OC(CO)[C@H]2O[C@@H]2OC(CO)[C@@H](O[C@@H]3OC(CO)[C@@H](O)[C@H](O)C3O)C(O)C2O)C(O[C@@H]2OC(C(=O)O)[C@@H](O[C@@H]3OC4COC(C)(C(=O)O)O[C@H]4[C@H](O)C3O)[C@H](O)C2O)[C@@H](O)[C@@H]1O. The third-order valence-corrected chi connectivity index (χ3v) is 15.8. The summed E-state index contributed by atoms with van der Waals surface area (Å²) in [5, 5.41) is 228. The van der Waals surface area contributed by atoms with Gasteiger partial charge in [-0.1, -0.05) is 0 Å². The molecule has 0 spiro atoms. The van der Waals surface area contributed by atoms with Crippen molar-refractivity contribution in [1.82, 2.24) is 0 Å². The Morgan fingerprint density at radius 1 is 0.414 bits per heavy atom. The summed E-state index contributed by atoms with van der Waals surface area (Å²) in [6, 6.07) is 0. The van der Waals surface area contributed by atoms with Crippen molar-refractivity contribution in [2.75, 3.05) is 39.6 Å². The second-order valence-corrected chi connectivity index (χ2v) is 21.7. The van der Waals surface area contributed by atoms with E-state index in [1.165, 1.54) is 0 Å². The maximum Gasteiger partial charge on any atom is 0.364 e. The molecular weight excluding hydrogens is 1200 g/mol. The Balaban J connectivity index is 1.09. The molecule has 0 radical (unpaired) electrons. The molecule has 0 aromatic heterocycles. The Morgan fingerprint density at radius 3 is 1.39 bits per heavy atom. The number of carbonyl (C=O) groups is 3. The molecule has 36 atom stereocenters. The molecule has 87 heavy (non-hydrogen) atoms. The van der Waals surface area contributed by atoms with E-state index in [0.29, 0.717) is 0 Å². The predicted octanol–water partition coefficient (Wildman–Crippen LogP) is -14.8. The molecule has 0 aromatic rings. The maximum atomic E-state index is 12.9. The average molecular weight is 1280 g/mol. The Kier molecular flexibility index (Phi) is 23.2. The average Bonchev–Trinajstić information content (AvgIpc) is 0.925. The lowest BCUT2D eigenvalue weighted by atomic mass is 9.94. The van der Waals surface area contributed by atoms with Crippen LogP contribution in [0.5, 0.6) is 0 Å². The van der Waals surface area contributed by atoms with Gasteiger partial charge in [-0.3, -0.25) is 4.79 Å². The molecule has 8 saturated heterocycles. The number of fused-ring (bicyclic) bond motifs is 1. The van der Waals surface area contributed by atoms with Crippen LogP contribution in [0.15, 0.2) is 0 Å². The van der Waals surface area contributed by atoms with Gasteiger partial charge < -0.3 is 183 Å². The van der Waals surface area contributed by atoms with Gasteiger partial charge in [0.05, 0.1) is 33.0 Å². The van der Waals surface area contributed by atoms with Crippen molar-refractivity contribution in [1.29, 1.82) is 0 Å². The van der Waals surface area contributed by atoms with E-state index in [0.717, 1.165) is 13.8 Å². The number of carboxylic acid groups (broad SMARTS) is 2. The van der Waals surface area contributed by atoms with Crippen LogP contribution in [0, 0.1) is 0 Å². The minimum atomic E-state index is -2.52. The first-order valence-corrected chi connectivity index (χ1v) is 27.1. The minimum absolute atomic E-state index is 0.606. The van der Waals surface area contributed by atoms with E-state index in [9.17, 15) is 122 Å². The second kappa shape index (κ2) is 28.9. The van der Waals surface area contributed by atoms with Crippen LogP contribution < -0.4 is 0 Å². The van der Waals surface area contributed by atoms with Gasteiger partial charge in [0.15, 0.2) is 50.1 Å². The molecule has 8 heterocycles. The van der Waals surface area contributed by atoms with E-state index in [2.05, 4.69) is 0 Å². The molecular formula is C47H74O40. The molecule has 0 aliphatic carbocycles.